The summed E-state index contributed by atoms with van der Waals surface area (Å²) in [6, 6.07) is 8.14. The molecule has 0 fully saturated rings. The molecule has 1 heteroatoms. The molecule has 0 saturated carbocycles. The summed E-state index contributed by atoms with van der Waals surface area (Å²) >= 11 is 5.82. The van der Waals surface area contributed by atoms with E-state index in [1.807, 2.05) is 12.1 Å². The van der Waals surface area contributed by atoms with Gasteiger partial charge in [-0.3, -0.25) is 0 Å². The molecule has 0 aliphatic rings. The lowest BCUT2D eigenvalue weighted by Crippen LogP contribution is -2.13. The lowest BCUT2D eigenvalue weighted by molar-refractivity contribution is 0.349. The van der Waals surface area contributed by atoms with Crippen molar-refractivity contribution in [1.29, 1.82) is 0 Å². The van der Waals surface area contributed by atoms with Gasteiger partial charge in [-0.05, 0) is 29.5 Å². The van der Waals surface area contributed by atoms with Crippen molar-refractivity contribution in [2.45, 2.75) is 33.6 Å². The van der Waals surface area contributed by atoms with Crippen molar-refractivity contribution in [3.8, 4) is 0 Å². The Morgan fingerprint density at radius 1 is 1.15 bits per heavy atom. The van der Waals surface area contributed by atoms with Gasteiger partial charge in [0.05, 0.1) is 0 Å². The molecule has 0 unspecified atom stereocenters. The predicted octanol–water partition coefficient (Wildman–Crippen LogP) is 4.32. The Kier molecular flexibility index (Phi) is 3.38. The van der Waals surface area contributed by atoms with E-state index in [1.54, 1.807) is 0 Å². The van der Waals surface area contributed by atoms with Crippen molar-refractivity contribution in [3.63, 3.8) is 0 Å². The average molecular weight is 197 g/mol. The van der Waals surface area contributed by atoms with E-state index in [9.17, 15) is 0 Å². The summed E-state index contributed by atoms with van der Waals surface area (Å²) in [7, 11) is 0. The van der Waals surface area contributed by atoms with Crippen LogP contribution < -0.4 is 0 Å². The molecular formula is C12H17Cl. The van der Waals surface area contributed by atoms with Gasteiger partial charge in [0.25, 0.3) is 0 Å². The van der Waals surface area contributed by atoms with Crippen LogP contribution in [-0.4, -0.2) is 0 Å². The highest BCUT2D eigenvalue weighted by Gasteiger charge is 2.15. The van der Waals surface area contributed by atoms with E-state index in [1.165, 1.54) is 12.0 Å². The standard InChI is InChI=1S/C12H17Cl/c1-4-12(2,3)9-10-5-7-11(13)8-6-10/h5-8H,4,9H2,1-3H3. The fraction of sp³-hybridized carbons (Fsp3) is 0.500. The molecule has 1 aromatic rings. The van der Waals surface area contributed by atoms with Crippen LogP contribution >= 0.6 is 11.6 Å². The van der Waals surface area contributed by atoms with Gasteiger partial charge >= 0.3 is 0 Å². The molecular weight excluding hydrogens is 180 g/mol. The number of rotatable bonds is 3. The Labute approximate surface area is 85.9 Å². The first-order valence-corrected chi connectivity index (χ1v) is 5.16. The molecule has 1 aromatic carbocycles. The largest absolute Gasteiger partial charge is 0.0843 e. The lowest BCUT2D eigenvalue weighted by atomic mass is 9.83. The summed E-state index contributed by atoms with van der Waals surface area (Å²) in [6.45, 7) is 6.82. The molecule has 1 rings (SSSR count). The van der Waals surface area contributed by atoms with Crippen molar-refractivity contribution in [3.05, 3.63) is 34.9 Å². The van der Waals surface area contributed by atoms with Gasteiger partial charge in [0, 0.05) is 5.02 Å². The Hall–Kier alpha value is -0.490. The van der Waals surface area contributed by atoms with Crippen LogP contribution in [0.4, 0.5) is 0 Å². The van der Waals surface area contributed by atoms with Crippen LogP contribution in [0.2, 0.25) is 5.02 Å². The third-order valence-corrected chi connectivity index (χ3v) is 2.81. The normalized spacial score (nSPS) is 11.7. The van der Waals surface area contributed by atoms with Crippen LogP contribution in [0.15, 0.2) is 24.3 Å². The zero-order valence-electron chi connectivity index (χ0n) is 8.60. The van der Waals surface area contributed by atoms with Gasteiger partial charge in [-0.1, -0.05) is 50.9 Å². The van der Waals surface area contributed by atoms with Crippen molar-refractivity contribution in [2.24, 2.45) is 5.41 Å². The fourth-order valence-electron chi connectivity index (χ4n) is 1.28. The molecule has 0 spiro atoms. The Balaban J connectivity index is 2.69. The molecule has 0 amide bonds. The molecule has 0 bridgehead atoms. The summed E-state index contributed by atoms with van der Waals surface area (Å²) in [5.41, 5.74) is 1.77. The molecule has 0 saturated heterocycles. The van der Waals surface area contributed by atoms with Gasteiger partial charge in [-0.2, -0.15) is 0 Å². The van der Waals surface area contributed by atoms with E-state index < -0.39 is 0 Å². The second-order valence-electron chi connectivity index (χ2n) is 4.32. The number of benzene rings is 1. The second kappa shape index (κ2) is 4.15. The minimum atomic E-state index is 0.397. The predicted molar refractivity (Wildman–Crippen MR) is 59.2 cm³/mol. The third kappa shape index (κ3) is 3.40. The smallest absolute Gasteiger partial charge is 0.0406 e. The van der Waals surface area contributed by atoms with Gasteiger partial charge in [0.15, 0.2) is 0 Å². The van der Waals surface area contributed by atoms with Crippen LogP contribution in [0.1, 0.15) is 32.8 Å². The van der Waals surface area contributed by atoms with Gasteiger partial charge in [-0.15, -0.1) is 0 Å². The van der Waals surface area contributed by atoms with E-state index in [0.717, 1.165) is 11.4 Å². The number of halogens is 1. The van der Waals surface area contributed by atoms with Crippen molar-refractivity contribution >= 4 is 11.6 Å². The van der Waals surface area contributed by atoms with E-state index in [-0.39, 0.29) is 0 Å². The molecule has 0 radical (unpaired) electrons. The summed E-state index contributed by atoms with van der Waals surface area (Å²) in [5, 5.41) is 0.818. The molecule has 0 heterocycles. The molecule has 0 aromatic heterocycles. The quantitative estimate of drug-likeness (QED) is 0.676. The van der Waals surface area contributed by atoms with Gasteiger partial charge in [0.2, 0.25) is 0 Å². The van der Waals surface area contributed by atoms with Crippen molar-refractivity contribution in [2.75, 3.05) is 0 Å². The van der Waals surface area contributed by atoms with E-state index >= 15 is 0 Å². The second-order valence-corrected chi connectivity index (χ2v) is 4.76. The van der Waals surface area contributed by atoms with E-state index in [4.69, 9.17) is 11.6 Å². The molecule has 0 aliphatic heterocycles. The summed E-state index contributed by atoms with van der Waals surface area (Å²) < 4.78 is 0. The Morgan fingerprint density at radius 3 is 2.15 bits per heavy atom. The monoisotopic (exact) mass is 196 g/mol. The SMILES string of the molecule is CCC(C)(C)Cc1ccc(Cl)cc1. The zero-order valence-corrected chi connectivity index (χ0v) is 9.36. The summed E-state index contributed by atoms with van der Waals surface area (Å²) in [5.74, 6) is 0. The Morgan fingerprint density at radius 2 is 1.69 bits per heavy atom. The van der Waals surface area contributed by atoms with Crippen LogP contribution in [0, 0.1) is 5.41 Å². The molecule has 0 atom stereocenters. The van der Waals surface area contributed by atoms with Gasteiger partial charge in [-0.25, -0.2) is 0 Å². The lowest BCUT2D eigenvalue weighted by Gasteiger charge is -2.22. The highest BCUT2D eigenvalue weighted by molar-refractivity contribution is 6.30. The maximum Gasteiger partial charge on any atom is 0.0406 e. The van der Waals surface area contributed by atoms with Crippen LogP contribution in [0.5, 0.6) is 0 Å². The van der Waals surface area contributed by atoms with Crippen LogP contribution in [-0.2, 0) is 6.42 Å². The molecule has 72 valence electrons. The van der Waals surface area contributed by atoms with E-state index in [2.05, 4.69) is 32.9 Å². The van der Waals surface area contributed by atoms with Crippen LogP contribution in [0.3, 0.4) is 0 Å². The van der Waals surface area contributed by atoms with Crippen LogP contribution in [0.25, 0.3) is 0 Å². The Bertz CT molecular complexity index is 259. The zero-order chi connectivity index (χ0) is 9.90. The van der Waals surface area contributed by atoms with Crippen molar-refractivity contribution in [1.82, 2.24) is 0 Å². The number of hydrogen-bond donors (Lipinski definition) is 0. The first-order valence-electron chi connectivity index (χ1n) is 4.78. The number of hydrogen-bond acceptors (Lipinski definition) is 0. The maximum atomic E-state index is 5.82. The maximum absolute atomic E-state index is 5.82. The fourth-order valence-corrected chi connectivity index (χ4v) is 1.41. The first-order chi connectivity index (χ1) is 6.03. The molecule has 0 nitrogen and oxygen atoms in total. The highest BCUT2D eigenvalue weighted by atomic mass is 35.5. The minimum absolute atomic E-state index is 0.397. The minimum Gasteiger partial charge on any atom is -0.0843 e. The first kappa shape index (κ1) is 10.6. The van der Waals surface area contributed by atoms with E-state index in [0.29, 0.717) is 5.41 Å². The summed E-state index contributed by atoms with van der Waals surface area (Å²) in [6.07, 6.45) is 2.33. The third-order valence-electron chi connectivity index (χ3n) is 2.55. The van der Waals surface area contributed by atoms with Gasteiger partial charge < -0.3 is 0 Å². The average Bonchev–Trinajstić information content (AvgIpc) is 2.09. The molecule has 0 aliphatic carbocycles. The topological polar surface area (TPSA) is 0 Å². The van der Waals surface area contributed by atoms with Gasteiger partial charge in [0.1, 0.15) is 0 Å². The summed E-state index contributed by atoms with van der Waals surface area (Å²) in [4.78, 5) is 0. The molecule has 0 N–H and O–H groups in total. The molecule has 13 heavy (non-hydrogen) atoms. The highest BCUT2D eigenvalue weighted by Crippen LogP contribution is 2.25. The van der Waals surface area contributed by atoms with Crippen molar-refractivity contribution < 1.29 is 0 Å².